The number of carbonyl (C=O) groups is 1. The molecule has 5 nitrogen and oxygen atoms in total. The number of halogens is 1. The molecule has 0 fully saturated rings. The molecule has 3 aromatic rings. The Hall–Kier alpha value is -2.89. The van der Waals surface area contributed by atoms with Crippen molar-refractivity contribution in [3.63, 3.8) is 0 Å². The van der Waals surface area contributed by atoms with Crippen molar-refractivity contribution in [3.8, 4) is 11.1 Å². The molecule has 132 valence electrons. The van der Waals surface area contributed by atoms with Gasteiger partial charge in [-0.2, -0.15) is 0 Å². The summed E-state index contributed by atoms with van der Waals surface area (Å²) in [5.74, 6) is -0.207. The minimum absolute atomic E-state index is 0.229. The van der Waals surface area contributed by atoms with Crippen LogP contribution in [0.25, 0.3) is 11.1 Å². The summed E-state index contributed by atoms with van der Waals surface area (Å²) < 4.78 is 0. The smallest absolute Gasteiger partial charge is 0.250 e. The summed E-state index contributed by atoms with van der Waals surface area (Å²) in [6, 6.07) is 19.2. The van der Waals surface area contributed by atoms with E-state index >= 15 is 0 Å². The lowest BCUT2D eigenvalue weighted by molar-refractivity contribution is 0.1000. The number of nitrogens with zero attached hydrogens (tertiary/aromatic N) is 1. The van der Waals surface area contributed by atoms with E-state index in [0.717, 1.165) is 16.7 Å². The van der Waals surface area contributed by atoms with Crippen molar-refractivity contribution >= 4 is 23.3 Å². The summed E-state index contributed by atoms with van der Waals surface area (Å²) in [6.07, 6.45) is 0.617. The second-order valence-corrected chi connectivity index (χ2v) is 6.21. The van der Waals surface area contributed by atoms with Gasteiger partial charge in [0.2, 0.25) is 5.91 Å². The van der Waals surface area contributed by atoms with Gasteiger partial charge in [0.25, 0.3) is 0 Å². The number of aliphatic hydroxyl groups is 1. The number of carbonyl (C=O) groups excluding carboxylic acids is 1. The molecule has 0 aliphatic rings. The lowest BCUT2D eigenvalue weighted by atomic mass is 10.0. The van der Waals surface area contributed by atoms with Crippen molar-refractivity contribution in [3.05, 3.63) is 83.0 Å². The maximum atomic E-state index is 11.1. The molecule has 3 rings (SSSR count). The average molecular weight is 368 g/mol. The van der Waals surface area contributed by atoms with E-state index in [4.69, 9.17) is 17.3 Å². The highest BCUT2D eigenvalue weighted by Gasteiger charge is 2.11. The first-order chi connectivity index (χ1) is 12.5. The van der Waals surface area contributed by atoms with E-state index in [1.165, 1.54) is 12.3 Å². The number of hydrogen-bond acceptors (Lipinski definition) is 4. The summed E-state index contributed by atoms with van der Waals surface area (Å²) in [4.78, 5) is 15.2. The van der Waals surface area contributed by atoms with E-state index in [-0.39, 0.29) is 17.1 Å². The Kier molecular flexibility index (Phi) is 5.51. The van der Waals surface area contributed by atoms with Gasteiger partial charge in [-0.25, -0.2) is 4.98 Å². The highest BCUT2D eigenvalue weighted by Crippen LogP contribution is 2.24. The minimum Gasteiger partial charge on any atom is -0.387 e. The Labute approximate surface area is 156 Å². The predicted octanol–water partition coefficient (Wildman–Crippen LogP) is 3.65. The fourth-order valence-electron chi connectivity index (χ4n) is 2.54. The molecule has 1 aromatic heterocycles. The van der Waals surface area contributed by atoms with Crippen molar-refractivity contribution in [1.29, 1.82) is 0 Å². The average Bonchev–Trinajstić information content (AvgIpc) is 2.67. The number of primary amides is 1. The molecule has 0 aliphatic heterocycles. The number of nitrogens with one attached hydrogen (secondary N) is 1. The van der Waals surface area contributed by atoms with Gasteiger partial charge in [0.05, 0.1) is 16.7 Å². The van der Waals surface area contributed by atoms with Gasteiger partial charge in [0.15, 0.2) is 0 Å². The molecule has 1 amide bonds. The highest BCUT2D eigenvalue weighted by molar-refractivity contribution is 6.33. The summed E-state index contributed by atoms with van der Waals surface area (Å²) in [5.41, 5.74) is 8.41. The van der Waals surface area contributed by atoms with Gasteiger partial charge in [-0.15, -0.1) is 0 Å². The number of aromatic nitrogens is 1. The quantitative estimate of drug-likeness (QED) is 0.620. The number of rotatable bonds is 6. The van der Waals surface area contributed by atoms with Gasteiger partial charge in [-0.05, 0) is 22.8 Å². The van der Waals surface area contributed by atoms with Crippen LogP contribution in [0.2, 0.25) is 5.02 Å². The molecule has 2 aromatic carbocycles. The predicted molar refractivity (Wildman–Crippen MR) is 103 cm³/mol. The number of anilines is 1. The molecule has 1 heterocycles. The van der Waals surface area contributed by atoms with E-state index in [1.54, 1.807) is 0 Å². The SMILES string of the molecule is NC(=O)c1cnc(NCC(O)c2ccc(-c3ccccc3)cc2)c(Cl)c1. The van der Waals surface area contributed by atoms with Gasteiger partial charge < -0.3 is 16.2 Å². The minimum atomic E-state index is -0.728. The van der Waals surface area contributed by atoms with Crippen LogP contribution < -0.4 is 11.1 Å². The number of aliphatic hydroxyl groups excluding tert-OH is 1. The molecule has 0 bridgehead atoms. The Morgan fingerprint density at radius 1 is 1.12 bits per heavy atom. The fourth-order valence-corrected chi connectivity index (χ4v) is 2.78. The second kappa shape index (κ2) is 7.99. The molecular formula is C20H18ClN3O2. The number of benzene rings is 2. The van der Waals surface area contributed by atoms with Crippen molar-refractivity contribution in [1.82, 2.24) is 4.98 Å². The van der Waals surface area contributed by atoms with Gasteiger partial charge in [0.1, 0.15) is 5.82 Å². The van der Waals surface area contributed by atoms with Gasteiger partial charge in [-0.1, -0.05) is 66.2 Å². The zero-order valence-corrected chi connectivity index (χ0v) is 14.6. The van der Waals surface area contributed by atoms with Crippen LogP contribution in [0.5, 0.6) is 0 Å². The van der Waals surface area contributed by atoms with Crippen LogP contribution >= 0.6 is 11.6 Å². The molecule has 0 saturated carbocycles. The van der Waals surface area contributed by atoms with E-state index < -0.39 is 12.0 Å². The lowest BCUT2D eigenvalue weighted by Gasteiger charge is -2.14. The molecule has 0 radical (unpaired) electrons. The largest absolute Gasteiger partial charge is 0.387 e. The van der Waals surface area contributed by atoms with E-state index in [9.17, 15) is 9.90 Å². The third kappa shape index (κ3) is 4.20. The first-order valence-electron chi connectivity index (χ1n) is 8.07. The Morgan fingerprint density at radius 3 is 2.38 bits per heavy atom. The summed E-state index contributed by atoms with van der Waals surface area (Å²) in [7, 11) is 0. The third-order valence-corrected chi connectivity index (χ3v) is 4.28. The highest BCUT2D eigenvalue weighted by atomic mass is 35.5. The number of nitrogens with two attached hydrogens (primary N) is 1. The Balaban J connectivity index is 1.65. The third-order valence-electron chi connectivity index (χ3n) is 3.99. The topological polar surface area (TPSA) is 88.2 Å². The van der Waals surface area contributed by atoms with Crippen molar-refractivity contribution in [2.75, 3.05) is 11.9 Å². The second-order valence-electron chi connectivity index (χ2n) is 5.80. The van der Waals surface area contributed by atoms with Crippen molar-refractivity contribution in [2.24, 2.45) is 5.73 Å². The van der Waals surface area contributed by atoms with Crippen LogP contribution in [0, 0.1) is 0 Å². The zero-order valence-electron chi connectivity index (χ0n) is 13.9. The van der Waals surface area contributed by atoms with Crippen LogP contribution in [0.15, 0.2) is 66.9 Å². The molecule has 0 saturated heterocycles. The molecule has 1 unspecified atom stereocenters. The van der Waals surface area contributed by atoms with Gasteiger partial charge >= 0.3 is 0 Å². The molecule has 4 N–H and O–H groups in total. The molecular weight excluding hydrogens is 350 g/mol. The lowest BCUT2D eigenvalue weighted by Crippen LogP contribution is -2.15. The van der Waals surface area contributed by atoms with Crippen LogP contribution in [0.1, 0.15) is 22.0 Å². The van der Waals surface area contributed by atoms with Crippen LogP contribution in [0.3, 0.4) is 0 Å². The maximum absolute atomic E-state index is 11.1. The van der Waals surface area contributed by atoms with Crippen LogP contribution in [0.4, 0.5) is 5.82 Å². The first-order valence-corrected chi connectivity index (χ1v) is 8.45. The summed E-state index contributed by atoms with van der Waals surface area (Å²) in [6.45, 7) is 0.229. The van der Waals surface area contributed by atoms with E-state index in [1.807, 2.05) is 54.6 Å². The monoisotopic (exact) mass is 367 g/mol. The first kappa shape index (κ1) is 17.9. The molecule has 1 atom stereocenters. The maximum Gasteiger partial charge on any atom is 0.250 e. The zero-order chi connectivity index (χ0) is 18.5. The van der Waals surface area contributed by atoms with Crippen LogP contribution in [-0.4, -0.2) is 22.5 Å². The fraction of sp³-hybridized carbons (Fsp3) is 0.100. The molecule has 26 heavy (non-hydrogen) atoms. The van der Waals surface area contributed by atoms with Gasteiger partial charge in [-0.3, -0.25) is 4.79 Å². The van der Waals surface area contributed by atoms with E-state index in [0.29, 0.717) is 5.82 Å². The van der Waals surface area contributed by atoms with Crippen molar-refractivity contribution in [2.45, 2.75) is 6.10 Å². The molecule has 0 spiro atoms. The molecule has 0 aliphatic carbocycles. The molecule has 6 heteroatoms. The standard InChI is InChI=1S/C20H18ClN3O2/c21-17-10-16(19(22)26)11-23-20(17)24-12-18(25)15-8-6-14(7-9-15)13-4-2-1-3-5-13/h1-11,18,25H,12H2,(H2,22,26)(H,23,24). The Bertz CT molecular complexity index is 899. The van der Waals surface area contributed by atoms with Crippen molar-refractivity contribution < 1.29 is 9.90 Å². The van der Waals surface area contributed by atoms with E-state index in [2.05, 4.69) is 10.3 Å². The normalized spacial score (nSPS) is 11.8. The number of pyridine rings is 1. The number of hydrogen-bond donors (Lipinski definition) is 3. The van der Waals surface area contributed by atoms with Crippen LogP contribution in [-0.2, 0) is 0 Å². The Morgan fingerprint density at radius 2 is 1.77 bits per heavy atom. The summed E-state index contributed by atoms with van der Waals surface area (Å²) in [5, 5.41) is 13.6. The summed E-state index contributed by atoms with van der Waals surface area (Å²) >= 11 is 6.08. The number of amides is 1. The van der Waals surface area contributed by atoms with Gasteiger partial charge in [0, 0.05) is 12.7 Å².